The van der Waals surface area contributed by atoms with E-state index in [1.165, 1.54) is 32.1 Å². The maximum atomic E-state index is 14.9. The number of piperidine rings is 1. The lowest BCUT2D eigenvalue weighted by Crippen LogP contribution is -2.58. The zero-order valence-electron chi connectivity index (χ0n) is 31.1. The number of pyridine rings is 2. The molecule has 3 aliphatic heterocycles. The number of carbonyl (C=O) groups is 2. The lowest BCUT2D eigenvalue weighted by Gasteiger charge is -2.46. The standard InChI is InChI=1S/C41H49FN8O3/c1-24(2)49-23-44-34-18-33(46-37(36(34)49)45-32-9-12-43-19-31(32)42)25-7-8-30-35(15-25)50(29-16-28(17-29)48-20-26-5-6-27(26)21-48)39(53)41(30)10-13-47(14-11-41)38(52)40(3,4)22-51/h7-9,12,15,18-19,23-24,26-29,51H,5-6,10-11,13-14,16-17,20-22H2,1-4H3,(H,43,45,46)/t26-,27+,28-,29+. The van der Waals surface area contributed by atoms with E-state index in [1.54, 1.807) is 32.4 Å². The molecule has 0 radical (unpaired) electrons. The Bertz CT molecular complexity index is 2090. The molecule has 3 aromatic heterocycles. The van der Waals surface area contributed by atoms with Crippen LogP contribution >= 0.6 is 0 Å². The maximum Gasteiger partial charge on any atom is 0.238 e. The van der Waals surface area contributed by atoms with Crippen molar-refractivity contribution < 1.29 is 19.1 Å². The molecule has 11 nitrogen and oxygen atoms in total. The highest BCUT2D eigenvalue weighted by Gasteiger charge is 2.57. The Balaban J connectivity index is 1.08. The fourth-order valence-electron chi connectivity index (χ4n) is 9.64. The van der Waals surface area contributed by atoms with E-state index in [2.05, 4.69) is 46.1 Å². The summed E-state index contributed by atoms with van der Waals surface area (Å²) in [4.78, 5) is 48.6. The minimum atomic E-state index is -0.866. The van der Waals surface area contributed by atoms with Gasteiger partial charge in [0.2, 0.25) is 11.8 Å². The number of nitrogens with one attached hydrogen (secondary N) is 1. The average Bonchev–Trinajstić information content (AvgIpc) is 3.76. The number of aromatic nitrogens is 4. The minimum absolute atomic E-state index is 0.0772. The minimum Gasteiger partial charge on any atom is -0.395 e. The van der Waals surface area contributed by atoms with E-state index < -0.39 is 16.6 Å². The molecule has 5 aliphatic rings. The summed E-state index contributed by atoms with van der Waals surface area (Å²) in [6.45, 7) is 10.8. The molecule has 1 aromatic carbocycles. The molecule has 4 aromatic rings. The van der Waals surface area contributed by atoms with Gasteiger partial charge in [-0.05, 0) is 102 Å². The highest BCUT2D eigenvalue weighted by atomic mass is 19.1. The van der Waals surface area contributed by atoms with E-state index in [1.807, 2.05) is 21.6 Å². The van der Waals surface area contributed by atoms with Crippen molar-refractivity contribution in [1.29, 1.82) is 0 Å². The van der Waals surface area contributed by atoms with Crippen LogP contribution in [0.5, 0.6) is 0 Å². The number of carbonyl (C=O) groups excluding carboxylic acids is 2. The Morgan fingerprint density at radius 1 is 1.08 bits per heavy atom. The third kappa shape index (κ3) is 5.46. The predicted molar refractivity (Wildman–Crippen MR) is 201 cm³/mol. The zero-order chi connectivity index (χ0) is 36.8. The van der Waals surface area contributed by atoms with Crippen molar-refractivity contribution >= 4 is 40.0 Å². The Kier molecular flexibility index (Phi) is 8.16. The second-order valence-corrected chi connectivity index (χ2v) is 17.1. The number of halogens is 1. The van der Waals surface area contributed by atoms with Gasteiger partial charge in [-0.2, -0.15) is 0 Å². The normalized spacial score (nSPS) is 25.2. The van der Waals surface area contributed by atoms with E-state index in [9.17, 15) is 19.1 Å². The molecular weight excluding hydrogens is 672 g/mol. The number of aliphatic hydroxyl groups excluding tert-OH is 1. The molecule has 2 amide bonds. The molecule has 12 heteroatoms. The third-order valence-corrected chi connectivity index (χ3v) is 13.2. The Labute approximate surface area is 309 Å². The van der Waals surface area contributed by atoms with E-state index >= 15 is 0 Å². The van der Waals surface area contributed by atoms with Crippen molar-refractivity contribution in [3.63, 3.8) is 0 Å². The monoisotopic (exact) mass is 720 g/mol. The van der Waals surface area contributed by atoms with Gasteiger partial charge in [0.1, 0.15) is 5.52 Å². The summed E-state index contributed by atoms with van der Waals surface area (Å²) < 4.78 is 16.9. The van der Waals surface area contributed by atoms with Gasteiger partial charge < -0.3 is 24.8 Å². The summed E-state index contributed by atoms with van der Waals surface area (Å²) in [6.07, 6.45) is 10.2. The zero-order valence-corrected chi connectivity index (χ0v) is 31.1. The van der Waals surface area contributed by atoms with Gasteiger partial charge in [0.15, 0.2) is 11.6 Å². The van der Waals surface area contributed by atoms with Crippen molar-refractivity contribution in [2.45, 2.75) is 89.8 Å². The lowest BCUT2D eigenvalue weighted by atomic mass is 9.73. The van der Waals surface area contributed by atoms with Gasteiger partial charge in [-0.1, -0.05) is 12.1 Å². The average molecular weight is 721 g/mol. The first-order chi connectivity index (χ1) is 25.5. The number of anilines is 3. The number of benzene rings is 1. The van der Waals surface area contributed by atoms with Crippen LogP contribution in [-0.2, 0) is 15.0 Å². The van der Waals surface area contributed by atoms with Crippen LogP contribution in [-0.4, -0.2) is 91.1 Å². The van der Waals surface area contributed by atoms with Crippen LogP contribution in [0.1, 0.15) is 77.8 Å². The second kappa shape index (κ2) is 12.6. The number of aliphatic hydroxyl groups is 1. The van der Waals surface area contributed by atoms with Crippen LogP contribution in [0.4, 0.5) is 21.6 Å². The summed E-state index contributed by atoms with van der Waals surface area (Å²) in [5.74, 6) is 1.77. The Morgan fingerprint density at radius 3 is 2.47 bits per heavy atom. The van der Waals surface area contributed by atoms with Gasteiger partial charge >= 0.3 is 0 Å². The van der Waals surface area contributed by atoms with E-state index in [-0.39, 0.29) is 36.2 Å². The maximum absolute atomic E-state index is 14.9. The molecule has 2 atom stereocenters. The number of rotatable bonds is 8. The molecule has 0 bridgehead atoms. The van der Waals surface area contributed by atoms with Gasteiger partial charge in [0.05, 0.1) is 46.9 Å². The first-order valence-electron chi connectivity index (χ1n) is 19.3. The molecule has 0 unspecified atom stereocenters. The molecule has 4 fully saturated rings. The van der Waals surface area contributed by atoms with Crippen LogP contribution in [0, 0.1) is 23.1 Å². The van der Waals surface area contributed by atoms with E-state index in [4.69, 9.17) is 9.97 Å². The van der Waals surface area contributed by atoms with Crippen molar-refractivity contribution in [3.05, 3.63) is 60.4 Å². The van der Waals surface area contributed by atoms with Gasteiger partial charge in [-0.15, -0.1) is 0 Å². The third-order valence-electron chi connectivity index (χ3n) is 13.2. The van der Waals surface area contributed by atoms with E-state index in [0.717, 1.165) is 52.5 Å². The molecular formula is C41H49FN8O3. The molecule has 9 rings (SSSR count). The van der Waals surface area contributed by atoms with Gasteiger partial charge in [-0.3, -0.25) is 19.5 Å². The van der Waals surface area contributed by atoms with Crippen molar-refractivity contribution in [3.8, 4) is 11.3 Å². The SMILES string of the molecule is CC(C)n1cnc2cc(-c3ccc4c(c3)N([C@H]3C[C@@H](N5C[C@H]6CC[C@H]6C5)C3)C(=O)C43CCN(C(=O)C(C)(C)CO)CC3)nc(Nc3ccncc3F)c21. The number of amides is 2. The summed E-state index contributed by atoms with van der Waals surface area (Å²) >= 11 is 0. The number of hydrogen-bond donors (Lipinski definition) is 2. The summed E-state index contributed by atoms with van der Waals surface area (Å²) in [6, 6.07) is 10.5. The van der Waals surface area contributed by atoms with Crippen LogP contribution in [0.3, 0.4) is 0 Å². The molecule has 278 valence electrons. The highest BCUT2D eigenvalue weighted by molar-refractivity contribution is 6.09. The quantitative estimate of drug-likeness (QED) is 0.226. The molecule has 53 heavy (non-hydrogen) atoms. The number of likely N-dealkylation sites (tertiary alicyclic amines) is 2. The molecule has 2 saturated carbocycles. The molecule has 2 aliphatic carbocycles. The molecule has 2 saturated heterocycles. The molecule has 6 heterocycles. The van der Waals surface area contributed by atoms with Gasteiger partial charge in [0, 0.05) is 61.8 Å². The number of nitrogens with zero attached hydrogens (tertiary/aromatic N) is 7. The smallest absolute Gasteiger partial charge is 0.238 e. The van der Waals surface area contributed by atoms with Crippen LogP contribution < -0.4 is 10.2 Å². The summed E-state index contributed by atoms with van der Waals surface area (Å²) in [7, 11) is 0. The predicted octanol–water partition coefficient (Wildman–Crippen LogP) is 6.06. The largest absolute Gasteiger partial charge is 0.395 e. The Hall–Kier alpha value is -4.42. The number of imidazole rings is 1. The van der Waals surface area contributed by atoms with Crippen molar-refractivity contribution in [2.24, 2.45) is 17.3 Å². The van der Waals surface area contributed by atoms with Gasteiger partial charge in [0.25, 0.3) is 0 Å². The fourth-order valence-corrected chi connectivity index (χ4v) is 9.64. The lowest BCUT2D eigenvalue weighted by molar-refractivity contribution is -0.145. The van der Waals surface area contributed by atoms with Crippen LogP contribution in [0.15, 0.2) is 49.1 Å². The second-order valence-electron chi connectivity index (χ2n) is 17.1. The van der Waals surface area contributed by atoms with Crippen molar-refractivity contribution in [2.75, 3.05) is 43.0 Å². The highest BCUT2D eigenvalue weighted by Crippen LogP contribution is 2.53. The van der Waals surface area contributed by atoms with Gasteiger partial charge in [-0.25, -0.2) is 14.4 Å². The molecule has 2 N–H and O–H groups in total. The summed E-state index contributed by atoms with van der Waals surface area (Å²) in [5.41, 5.74) is 3.66. The van der Waals surface area contributed by atoms with Crippen molar-refractivity contribution in [1.82, 2.24) is 29.3 Å². The molecule has 1 spiro atoms. The first kappa shape index (κ1) is 34.4. The van der Waals surface area contributed by atoms with Crippen LogP contribution in [0.2, 0.25) is 0 Å². The number of fused-ring (bicyclic) bond motifs is 4. The van der Waals surface area contributed by atoms with Crippen LogP contribution in [0.25, 0.3) is 22.3 Å². The summed E-state index contributed by atoms with van der Waals surface area (Å²) in [5, 5.41) is 13.1. The van der Waals surface area contributed by atoms with E-state index in [0.29, 0.717) is 43.5 Å². The first-order valence-corrected chi connectivity index (χ1v) is 19.3. The Morgan fingerprint density at radius 2 is 1.81 bits per heavy atom. The topological polar surface area (TPSA) is 120 Å². The fraction of sp³-hybridized carbons (Fsp3) is 0.537. The number of hydrogen-bond acceptors (Lipinski definition) is 8.